The standard InChI is InChI=1S/C24H26N2O4S/c1-18-23(31(28,29)26-14-8-9-15-26)17-22(30-18)24(27)25-21(20-12-6-3-7-13-20)16-19-10-4-2-5-11-19/h2-7,10-13,17,21H,8-9,14-16H2,1H3,(H,25,27). The summed E-state index contributed by atoms with van der Waals surface area (Å²) >= 11 is 0. The molecule has 7 heteroatoms. The molecule has 1 fully saturated rings. The number of furan rings is 1. The summed E-state index contributed by atoms with van der Waals surface area (Å²) in [4.78, 5) is 13.1. The molecular formula is C24H26N2O4S. The fourth-order valence-electron chi connectivity index (χ4n) is 3.92. The molecule has 1 aliphatic heterocycles. The molecule has 1 saturated heterocycles. The highest BCUT2D eigenvalue weighted by atomic mass is 32.2. The number of aryl methyl sites for hydroxylation is 1. The van der Waals surface area contributed by atoms with Gasteiger partial charge >= 0.3 is 0 Å². The van der Waals surface area contributed by atoms with Gasteiger partial charge in [-0.1, -0.05) is 60.7 Å². The van der Waals surface area contributed by atoms with Crippen LogP contribution in [0.1, 0.15) is 46.3 Å². The highest BCUT2D eigenvalue weighted by Gasteiger charge is 2.32. The predicted octanol–water partition coefficient (Wildman–Crippen LogP) is 4.09. The summed E-state index contributed by atoms with van der Waals surface area (Å²) < 4.78 is 32.9. The smallest absolute Gasteiger partial charge is 0.287 e. The Labute approximate surface area is 182 Å². The van der Waals surface area contributed by atoms with Gasteiger partial charge in [-0.15, -0.1) is 0 Å². The molecule has 4 rings (SSSR count). The van der Waals surface area contributed by atoms with Crippen molar-refractivity contribution in [1.29, 1.82) is 0 Å². The van der Waals surface area contributed by atoms with E-state index in [1.807, 2.05) is 60.7 Å². The Balaban J connectivity index is 1.58. The van der Waals surface area contributed by atoms with Gasteiger partial charge in [-0.2, -0.15) is 4.31 Å². The third-order valence-electron chi connectivity index (χ3n) is 5.57. The van der Waals surface area contributed by atoms with Crippen LogP contribution in [0.3, 0.4) is 0 Å². The minimum atomic E-state index is -3.65. The van der Waals surface area contributed by atoms with Crippen LogP contribution in [0.25, 0.3) is 0 Å². The second-order valence-corrected chi connectivity index (χ2v) is 9.68. The molecule has 1 atom stereocenters. The maximum absolute atomic E-state index is 13.0. The number of rotatable bonds is 7. The van der Waals surface area contributed by atoms with Crippen LogP contribution in [0, 0.1) is 6.92 Å². The lowest BCUT2D eigenvalue weighted by Gasteiger charge is -2.19. The van der Waals surface area contributed by atoms with Crippen molar-refractivity contribution in [3.63, 3.8) is 0 Å². The summed E-state index contributed by atoms with van der Waals surface area (Å²) in [6.07, 6.45) is 2.30. The molecule has 3 aromatic rings. The Kier molecular flexibility index (Phi) is 6.25. The molecule has 6 nitrogen and oxygen atoms in total. The summed E-state index contributed by atoms with van der Waals surface area (Å²) in [5, 5.41) is 3.02. The number of nitrogens with one attached hydrogen (secondary N) is 1. The molecule has 0 aliphatic carbocycles. The van der Waals surface area contributed by atoms with Gasteiger partial charge in [0, 0.05) is 19.2 Å². The van der Waals surface area contributed by atoms with E-state index in [0.29, 0.717) is 19.5 Å². The van der Waals surface area contributed by atoms with Crippen LogP contribution in [-0.4, -0.2) is 31.7 Å². The normalized spacial score (nSPS) is 15.6. The van der Waals surface area contributed by atoms with Crippen LogP contribution in [0.2, 0.25) is 0 Å². The van der Waals surface area contributed by atoms with Crippen molar-refractivity contribution >= 4 is 15.9 Å². The number of nitrogens with zero attached hydrogens (tertiary/aromatic N) is 1. The zero-order valence-corrected chi connectivity index (χ0v) is 18.3. The SMILES string of the molecule is Cc1oc(C(=O)NC(Cc2ccccc2)c2ccccc2)cc1S(=O)(=O)N1CCCC1. The van der Waals surface area contributed by atoms with Crippen LogP contribution in [-0.2, 0) is 16.4 Å². The van der Waals surface area contributed by atoms with Gasteiger partial charge in [0.1, 0.15) is 10.7 Å². The first kappa shape index (κ1) is 21.3. The van der Waals surface area contributed by atoms with Crippen LogP contribution in [0.5, 0.6) is 0 Å². The number of hydrogen-bond acceptors (Lipinski definition) is 4. The van der Waals surface area contributed by atoms with Crippen molar-refractivity contribution in [3.8, 4) is 0 Å². The summed E-state index contributed by atoms with van der Waals surface area (Å²) in [6.45, 7) is 2.58. The van der Waals surface area contributed by atoms with Gasteiger partial charge in [-0.25, -0.2) is 8.42 Å². The Morgan fingerprint density at radius 2 is 1.65 bits per heavy atom. The fraction of sp³-hybridized carbons (Fsp3) is 0.292. The van der Waals surface area contributed by atoms with E-state index >= 15 is 0 Å². The molecule has 0 bridgehead atoms. The molecule has 0 saturated carbocycles. The molecule has 2 heterocycles. The van der Waals surface area contributed by atoms with E-state index in [-0.39, 0.29) is 22.5 Å². The van der Waals surface area contributed by atoms with Gasteiger partial charge < -0.3 is 9.73 Å². The predicted molar refractivity (Wildman–Crippen MR) is 118 cm³/mol. The van der Waals surface area contributed by atoms with Gasteiger partial charge in [-0.3, -0.25) is 4.79 Å². The van der Waals surface area contributed by atoms with E-state index in [2.05, 4.69) is 5.32 Å². The van der Waals surface area contributed by atoms with Crippen LogP contribution >= 0.6 is 0 Å². The molecule has 2 aromatic carbocycles. The maximum Gasteiger partial charge on any atom is 0.287 e. The molecule has 1 N–H and O–H groups in total. The molecule has 0 radical (unpaired) electrons. The third-order valence-corrected chi connectivity index (χ3v) is 7.57. The highest BCUT2D eigenvalue weighted by molar-refractivity contribution is 7.89. The summed E-state index contributed by atoms with van der Waals surface area (Å²) in [5.74, 6) is -0.198. The molecule has 1 unspecified atom stereocenters. The molecule has 1 aliphatic rings. The number of hydrogen-bond donors (Lipinski definition) is 1. The number of sulfonamides is 1. The lowest BCUT2D eigenvalue weighted by molar-refractivity contribution is 0.0907. The Bertz CT molecular complexity index is 1130. The van der Waals surface area contributed by atoms with Crippen LogP contribution < -0.4 is 5.32 Å². The quantitative estimate of drug-likeness (QED) is 0.603. The first-order valence-electron chi connectivity index (χ1n) is 10.5. The molecule has 31 heavy (non-hydrogen) atoms. The third kappa shape index (κ3) is 4.73. The van der Waals surface area contributed by atoms with Crippen LogP contribution in [0.4, 0.5) is 0 Å². The molecule has 0 spiro atoms. The minimum absolute atomic E-state index is 0.00395. The Hall–Kier alpha value is -2.90. The van der Waals surface area contributed by atoms with Crippen molar-refractivity contribution in [3.05, 3.63) is 89.4 Å². The molecule has 1 amide bonds. The Morgan fingerprint density at radius 3 is 2.29 bits per heavy atom. The monoisotopic (exact) mass is 438 g/mol. The minimum Gasteiger partial charge on any atom is -0.455 e. The fourth-order valence-corrected chi connectivity index (χ4v) is 5.60. The Morgan fingerprint density at radius 1 is 1.03 bits per heavy atom. The summed E-state index contributed by atoms with van der Waals surface area (Å²) in [6, 6.07) is 20.7. The summed E-state index contributed by atoms with van der Waals surface area (Å²) in [5.41, 5.74) is 2.05. The molecule has 162 valence electrons. The lowest BCUT2D eigenvalue weighted by atomic mass is 9.99. The van der Waals surface area contributed by atoms with E-state index < -0.39 is 15.9 Å². The largest absolute Gasteiger partial charge is 0.455 e. The first-order valence-corrected chi connectivity index (χ1v) is 11.9. The van der Waals surface area contributed by atoms with Crippen molar-refractivity contribution in [2.45, 2.75) is 37.1 Å². The lowest BCUT2D eigenvalue weighted by Crippen LogP contribution is -2.30. The van der Waals surface area contributed by atoms with E-state index in [1.165, 1.54) is 10.4 Å². The van der Waals surface area contributed by atoms with Gasteiger partial charge in [0.25, 0.3) is 5.91 Å². The van der Waals surface area contributed by atoms with Crippen molar-refractivity contribution < 1.29 is 17.6 Å². The molecular weight excluding hydrogens is 412 g/mol. The van der Waals surface area contributed by atoms with E-state index in [1.54, 1.807) is 6.92 Å². The van der Waals surface area contributed by atoms with Crippen molar-refractivity contribution in [1.82, 2.24) is 9.62 Å². The molecule has 1 aromatic heterocycles. The number of carbonyl (C=O) groups excluding carboxylic acids is 1. The van der Waals surface area contributed by atoms with Gasteiger partial charge in [0.15, 0.2) is 5.76 Å². The average molecular weight is 439 g/mol. The van der Waals surface area contributed by atoms with E-state index in [0.717, 1.165) is 24.0 Å². The highest BCUT2D eigenvalue weighted by Crippen LogP contribution is 2.27. The maximum atomic E-state index is 13.0. The summed E-state index contributed by atoms with van der Waals surface area (Å²) in [7, 11) is -3.65. The van der Waals surface area contributed by atoms with Gasteiger partial charge in [-0.05, 0) is 37.3 Å². The second-order valence-electron chi connectivity index (χ2n) is 7.77. The van der Waals surface area contributed by atoms with Crippen LogP contribution in [0.15, 0.2) is 76.0 Å². The topological polar surface area (TPSA) is 79.6 Å². The zero-order valence-electron chi connectivity index (χ0n) is 17.5. The number of amides is 1. The van der Waals surface area contributed by atoms with Gasteiger partial charge in [0.2, 0.25) is 10.0 Å². The number of carbonyl (C=O) groups is 1. The average Bonchev–Trinajstić information content (AvgIpc) is 3.45. The van der Waals surface area contributed by atoms with Crippen molar-refractivity contribution in [2.24, 2.45) is 0 Å². The number of benzene rings is 2. The zero-order chi connectivity index (χ0) is 21.8. The van der Waals surface area contributed by atoms with E-state index in [9.17, 15) is 13.2 Å². The second kappa shape index (κ2) is 9.08. The van der Waals surface area contributed by atoms with Crippen molar-refractivity contribution in [2.75, 3.05) is 13.1 Å². The van der Waals surface area contributed by atoms with Gasteiger partial charge in [0.05, 0.1) is 6.04 Å². The first-order chi connectivity index (χ1) is 14.9. The van der Waals surface area contributed by atoms with E-state index in [4.69, 9.17) is 4.42 Å².